The van der Waals surface area contributed by atoms with Crippen LogP contribution in [-0.4, -0.2) is 25.2 Å². The van der Waals surface area contributed by atoms with Crippen molar-refractivity contribution in [3.05, 3.63) is 0 Å². The monoisotopic (exact) mass is 160 g/mol. The molecule has 2 unspecified atom stereocenters. The lowest BCUT2D eigenvalue weighted by Gasteiger charge is -2.13. The van der Waals surface area contributed by atoms with Gasteiger partial charge in [0.1, 0.15) is 12.2 Å². The summed E-state index contributed by atoms with van der Waals surface area (Å²) in [5.74, 6) is 0. The van der Waals surface area contributed by atoms with Crippen molar-refractivity contribution >= 4 is 12.9 Å². The Balaban J connectivity index is 3.46. The number of hydrogen-bond donors (Lipinski definition) is 0. The maximum absolute atomic E-state index is 9.82. The van der Waals surface area contributed by atoms with Crippen LogP contribution in [0.4, 0.5) is 0 Å². The van der Waals surface area contributed by atoms with Crippen LogP contribution in [-0.2, 0) is 19.1 Å². The fourth-order valence-electron chi connectivity index (χ4n) is 0.768. The van der Waals surface area contributed by atoms with Crippen LogP contribution in [0.5, 0.6) is 0 Å². The number of ether oxygens (including phenoxy) is 2. The van der Waals surface area contributed by atoms with Gasteiger partial charge in [-0.2, -0.15) is 0 Å². The normalized spacial score (nSPS) is 14.7. The fraction of sp³-hybridized carbons (Fsp3) is 0.714. The third kappa shape index (κ3) is 5.39. The summed E-state index contributed by atoms with van der Waals surface area (Å²) in [5.41, 5.74) is 0. The Hall–Kier alpha value is -1.06. The van der Waals surface area contributed by atoms with Crippen LogP contribution in [0.15, 0.2) is 0 Å². The molecule has 0 aromatic carbocycles. The van der Waals surface area contributed by atoms with Crippen LogP contribution < -0.4 is 0 Å². The highest BCUT2D eigenvalue weighted by molar-refractivity contribution is 5.38. The quantitative estimate of drug-likeness (QED) is 0.531. The predicted molar refractivity (Wildman–Crippen MR) is 37.8 cm³/mol. The summed E-state index contributed by atoms with van der Waals surface area (Å²) in [6.45, 7) is 4.24. The second-order valence-electron chi connectivity index (χ2n) is 2.32. The van der Waals surface area contributed by atoms with Crippen LogP contribution in [0.3, 0.4) is 0 Å². The predicted octanol–water partition coefficient (Wildman–Crippen LogP) is 0.500. The number of hydrogen-bond acceptors (Lipinski definition) is 4. The largest absolute Gasteiger partial charge is 0.465 e. The van der Waals surface area contributed by atoms with E-state index in [0.29, 0.717) is 19.4 Å². The molecule has 2 atom stereocenters. The van der Waals surface area contributed by atoms with E-state index in [-0.39, 0.29) is 12.2 Å². The van der Waals surface area contributed by atoms with Crippen molar-refractivity contribution in [2.45, 2.75) is 32.5 Å². The molecule has 0 heterocycles. The van der Waals surface area contributed by atoms with Gasteiger partial charge in [-0.15, -0.1) is 0 Å². The summed E-state index contributed by atoms with van der Waals surface area (Å²) in [4.78, 5) is 19.6. The van der Waals surface area contributed by atoms with Crippen molar-refractivity contribution in [3.8, 4) is 0 Å². The zero-order chi connectivity index (χ0) is 8.69. The van der Waals surface area contributed by atoms with Crippen molar-refractivity contribution < 1.29 is 19.1 Å². The standard InChI is InChI=1S/C7H12O4/c1-6(10-4-8)3-7(2)11-5-9/h4-7H,3H2,1-2H3. The van der Waals surface area contributed by atoms with Crippen LogP contribution >= 0.6 is 0 Å². The highest BCUT2D eigenvalue weighted by Gasteiger charge is 2.08. The highest BCUT2D eigenvalue weighted by atomic mass is 16.5. The minimum Gasteiger partial charge on any atom is -0.465 e. The van der Waals surface area contributed by atoms with E-state index in [9.17, 15) is 9.59 Å². The number of rotatable bonds is 6. The second-order valence-corrected chi connectivity index (χ2v) is 2.32. The summed E-state index contributed by atoms with van der Waals surface area (Å²) in [6, 6.07) is 0. The molecule has 0 saturated heterocycles. The number of carbonyl (C=O) groups is 2. The van der Waals surface area contributed by atoms with E-state index < -0.39 is 0 Å². The molecule has 0 bridgehead atoms. The average molecular weight is 160 g/mol. The molecule has 0 radical (unpaired) electrons. The molecule has 0 aliphatic rings. The molecule has 0 aromatic heterocycles. The third-order valence-corrected chi connectivity index (χ3v) is 1.24. The van der Waals surface area contributed by atoms with Gasteiger partial charge in [-0.25, -0.2) is 0 Å². The smallest absolute Gasteiger partial charge is 0.293 e. The van der Waals surface area contributed by atoms with Gasteiger partial charge in [-0.3, -0.25) is 9.59 Å². The molecule has 0 aliphatic carbocycles. The van der Waals surface area contributed by atoms with Gasteiger partial charge in [-0.1, -0.05) is 0 Å². The van der Waals surface area contributed by atoms with Gasteiger partial charge >= 0.3 is 0 Å². The second kappa shape index (κ2) is 5.70. The maximum Gasteiger partial charge on any atom is 0.293 e. The minimum atomic E-state index is -0.206. The van der Waals surface area contributed by atoms with Gasteiger partial charge in [0.05, 0.1) is 0 Å². The molecule has 0 amide bonds. The van der Waals surface area contributed by atoms with Crippen molar-refractivity contribution in [2.24, 2.45) is 0 Å². The van der Waals surface area contributed by atoms with Crippen LogP contribution in [0.1, 0.15) is 20.3 Å². The molecule has 4 nitrogen and oxygen atoms in total. The van der Waals surface area contributed by atoms with Crippen molar-refractivity contribution in [1.29, 1.82) is 0 Å². The Bertz CT molecular complexity index is 110. The third-order valence-electron chi connectivity index (χ3n) is 1.24. The molecule has 0 spiro atoms. The Morgan fingerprint density at radius 1 is 1.09 bits per heavy atom. The van der Waals surface area contributed by atoms with E-state index in [1.54, 1.807) is 13.8 Å². The molecule has 0 aromatic rings. The van der Waals surface area contributed by atoms with E-state index in [1.165, 1.54) is 0 Å². The summed E-state index contributed by atoms with van der Waals surface area (Å²) in [6.07, 6.45) is 0.113. The van der Waals surface area contributed by atoms with E-state index in [4.69, 9.17) is 0 Å². The lowest BCUT2D eigenvalue weighted by Crippen LogP contribution is -2.17. The van der Waals surface area contributed by atoms with Gasteiger partial charge in [-0.05, 0) is 13.8 Å². The van der Waals surface area contributed by atoms with Crippen LogP contribution in [0.25, 0.3) is 0 Å². The Kier molecular flexibility index (Phi) is 5.15. The zero-order valence-electron chi connectivity index (χ0n) is 6.65. The first-order valence-electron chi connectivity index (χ1n) is 3.39. The SMILES string of the molecule is CC(CC(C)OC=O)OC=O. The van der Waals surface area contributed by atoms with Crippen molar-refractivity contribution in [3.63, 3.8) is 0 Å². The Morgan fingerprint density at radius 3 is 1.73 bits per heavy atom. The molecular formula is C7H12O4. The van der Waals surface area contributed by atoms with Crippen molar-refractivity contribution in [2.75, 3.05) is 0 Å². The molecule has 4 heteroatoms. The molecule has 0 aliphatic heterocycles. The van der Waals surface area contributed by atoms with Gasteiger partial charge in [0, 0.05) is 6.42 Å². The number of carbonyl (C=O) groups excluding carboxylic acids is 2. The highest BCUT2D eigenvalue weighted by Crippen LogP contribution is 2.02. The molecule has 64 valence electrons. The van der Waals surface area contributed by atoms with Gasteiger partial charge < -0.3 is 9.47 Å². The molecule has 0 rings (SSSR count). The topological polar surface area (TPSA) is 52.6 Å². The molecular weight excluding hydrogens is 148 g/mol. The molecule has 11 heavy (non-hydrogen) atoms. The van der Waals surface area contributed by atoms with E-state index >= 15 is 0 Å². The summed E-state index contributed by atoms with van der Waals surface area (Å²) in [7, 11) is 0. The maximum atomic E-state index is 9.82. The lowest BCUT2D eigenvalue weighted by atomic mass is 10.2. The molecule has 0 saturated carbocycles. The summed E-state index contributed by atoms with van der Waals surface area (Å²) >= 11 is 0. The first kappa shape index (κ1) is 9.94. The summed E-state index contributed by atoms with van der Waals surface area (Å²) in [5, 5.41) is 0. The molecule has 0 N–H and O–H groups in total. The fourth-order valence-corrected chi connectivity index (χ4v) is 0.768. The zero-order valence-corrected chi connectivity index (χ0v) is 6.65. The van der Waals surface area contributed by atoms with E-state index in [1.807, 2.05) is 0 Å². The van der Waals surface area contributed by atoms with Gasteiger partial charge in [0.15, 0.2) is 0 Å². The van der Waals surface area contributed by atoms with Gasteiger partial charge in [0.2, 0.25) is 0 Å². The van der Waals surface area contributed by atoms with Crippen molar-refractivity contribution in [1.82, 2.24) is 0 Å². The Labute approximate surface area is 65.5 Å². The lowest BCUT2D eigenvalue weighted by molar-refractivity contribution is -0.137. The first-order chi connectivity index (χ1) is 5.20. The van der Waals surface area contributed by atoms with Gasteiger partial charge in [0.25, 0.3) is 12.9 Å². The van der Waals surface area contributed by atoms with E-state index in [2.05, 4.69) is 9.47 Å². The van der Waals surface area contributed by atoms with Crippen LogP contribution in [0, 0.1) is 0 Å². The van der Waals surface area contributed by atoms with E-state index in [0.717, 1.165) is 0 Å². The average Bonchev–Trinajstić information content (AvgIpc) is 1.87. The Morgan fingerprint density at radius 2 is 1.45 bits per heavy atom. The first-order valence-corrected chi connectivity index (χ1v) is 3.39. The molecule has 0 fully saturated rings. The minimum absolute atomic E-state index is 0.206. The van der Waals surface area contributed by atoms with Crippen LogP contribution in [0.2, 0.25) is 0 Å². The summed E-state index contributed by atoms with van der Waals surface area (Å²) < 4.78 is 9.16.